The number of nitrogens with one attached hydrogen (secondary N) is 3. The van der Waals surface area contributed by atoms with Gasteiger partial charge in [0.15, 0.2) is 0 Å². The molecule has 22 heteroatoms. The number of hydrogen-bond acceptors (Lipinski definition) is 12. The molecule has 3 atom stereocenters. The van der Waals surface area contributed by atoms with Crippen molar-refractivity contribution in [1.29, 1.82) is 0 Å². The third-order valence-corrected chi connectivity index (χ3v) is 18.7. The van der Waals surface area contributed by atoms with Crippen molar-refractivity contribution in [2.24, 2.45) is 0 Å². The fourth-order valence-corrected chi connectivity index (χ4v) is 13.2. The third-order valence-electron chi connectivity index (χ3n) is 9.02. The molecule has 3 aromatic heterocycles. The molecule has 0 saturated heterocycles. The van der Waals surface area contributed by atoms with Crippen LogP contribution in [0.5, 0.6) is 0 Å². The zero-order valence-corrected chi connectivity index (χ0v) is 44.2. The number of terminal acetylenes is 1. The van der Waals surface area contributed by atoms with Crippen molar-refractivity contribution in [2.75, 3.05) is 0 Å². The number of benzene rings is 3. The second-order valence-electron chi connectivity index (χ2n) is 13.6. The van der Waals surface area contributed by atoms with E-state index in [4.69, 9.17) is 41.2 Å². The largest absolute Gasteiger partial charge is 0.241 e. The van der Waals surface area contributed by atoms with E-state index in [1.807, 2.05) is 20.8 Å². The van der Waals surface area contributed by atoms with Crippen LogP contribution in [0.1, 0.15) is 95.6 Å². The predicted octanol–water partition coefficient (Wildman–Crippen LogP) is 10.8. The van der Waals surface area contributed by atoms with Gasteiger partial charge in [-0.3, -0.25) is 0 Å². The van der Waals surface area contributed by atoms with Crippen LogP contribution in [0, 0.1) is 29.8 Å². The maximum Gasteiger partial charge on any atom is 0.241 e. The zero-order valence-electron chi connectivity index (χ0n) is 34.9. The second-order valence-corrected chi connectivity index (χ2v) is 24.0. The van der Waals surface area contributed by atoms with E-state index >= 15 is 0 Å². The molecule has 6 rings (SSSR count). The molecule has 6 aromatic rings. The van der Waals surface area contributed by atoms with Crippen molar-refractivity contribution in [3.8, 4) is 12.3 Å². The van der Waals surface area contributed by atoms with Gasteiger partial charge in [-0.1, -0.05) is 54.6 Å². The Bertz CT molecular complexity index is 2870. The van der Waals surface area contributed by atoms with E-state index in [1.54, 1.807) is 38.1 Å². The van der Waals surface area contributed by atoms with Crippen molar-refractivity contribution < 1.29 is 25.3 Å². The third kappa shape index (κ3) is 14.2. The minimum Gasteiger partial charge on any atom is -0.207 e. The number of aryl methyl sites for hydroxylation is 3. The van der Waals surface area contributed by atoms with Crippen LogP contribution in [-0.2, 0) is 42.9 Å². The zero-order chi connectivity index (χ0) is 46.9. The van der Waals surface area contributed by atoms with Gasteiger partial charge in [0.05, 0.1) is 59.0 Å². The Hall–Kier alpha value is -2.56. The minimum atomic E-state index is -3.65. The Morgan fingerprint density at radius 2 is 0.937 bits per heavy atom. The van der Waals surface area contributed by atoms with Crippen molar-refractivity contribution in [2.45, 2.75) is 94.1 Å². The maximum absolute atomic E-state index is 12.4. The normalized spacial score (nSPS) is 13.2. The van der Waals surface area contributed by atoms with Gasteiger partial charge in [-0.15, -0.1) is 6.42 Å². The highest BCUT2D eigenvalue weighted by molar-refractivity contribution is 14.1. The van der Waals surface area contributed by atoms with Crippen LogP contribution in [0.4, 0.5) is 0 Å². The fraction of sp³-hybridized carbons (Fsp3) is 0.293. The molecule has 3 aromatic carbocycles. The lowest BCUT2D eigenvalue weighted by Gasteiger charge is -2.14. The van der Waals surface area contributed by atoms with Crippen LogP contribution in [0.15, 0.2) is 87.5 Å². The molecule has 338 valence electrons. The average molecular weight is 1140 g/mol. The lowest BCUT2D eigenvalue weighted by atomic mass is 10.1. The SMILES string of the molecule is C#Cc1c(C(C)NS(=O)(=O)c2ccc(Cl)cc2)nsc1C.CCc1snc(C(C)NS(=O)(=O)c2ccc(Cl)cc2)c1CC.Cc1snc(C(C)NS(=O)(=O)c2ccc(Cl)cc2)c1I. The van der Waals surface area contributed by atoms with Gasteiger partial charge in [0.2, 0.25) is 30.1 Å². The standard InChI is InChI=1S/C15H19ClN2O2S2.C14H13ClN2O2S2.C12H12ClIN2O2S2/c1-4-13-14(5-2)21-17-15(13)10(3)18-22(19,20)12-8-6-11(16)7-9-12;1-4-13-10(3)20-16-14(13)9(2)17-21(18,19)12-7-5-11(15)6-8-12;1-7(12-11(14)8(2)19-15-12)16-20(17,18)10-5-3-9(13)4-6-10/h6-10,18H,4-5H2,1-3H3;1,5-9,17H,2-3H3;3-7,16H,1-2H3. The van der Waals surface area contributed by atoms with Gasteiger partial charge < -0.3 is 0 Å². The molecule has 0 amide bonds. The second kappa shape index (κ2) is 23.3. The smallest absolute Gasteiger partial charge is 0.207 e. The van der Waals surface area contributed by atoms with Crippen molar-refractivity contribution in [3.05, 3.63) is 134 Å². The van der Waals surface area contributed by atoms with Crippen LogP contribution in [0.3, 0.4) is 0 Å². The van der Waals surface area contributed by atoms with Gasteiger partial charge in [0.1, 0.15) is 0 Å². The molecular weight excluding hydrogens is 1100 g/mol. The summed E-state index contributed by atoms with van der Waals surface area (Å²) < 4.78 is 95.8. The summed E-state index contributed by atoms with van der Waals surface area (Å²) in [6.45, 7) is 13.3. The van der Waals surface area contributed by atoms with Crippen LogP contribution >= 0.6 is 92.0 Å². The van der Waals surface area contributed by atoms with E-state index in [-0.39, 0.29) is 26.8 Å². The summed E-state index contributed by atoms with van der Waals surface area (Å²) in [5, 5.41) is 1.49. The number of halogens is 4. The fourth-order valence-electron chi connectivity index (χ4n) is 5.77. The molecule has 0 aliphatic carbocycles. The quantitative estimate of drug-likeness (QED) is 0.0707. The molecule has 0 radical (unpaired) electrons. The molecular formula is C41H44Cl3IN6O6S6. The molecule has 63 heavy (non-hydrogen) atoms. The molecule has 0 bridgehead atoms. The maximum atomic E-state index is 12.4. The van der Waals surface area contributed by atoms with Crippen LogP contribution in [0.25, 0.3) is 0 Å². The first-order valence-electron chi connectivity index (χ1n) is 18.9. The molecule has 0 spiro atoms. The van der Waals surface area contributed by atoms with Crippen molar-refractivity contribution >= 4 is 122 Å². The number of sulfonamides is 3. The van der Waals surface area contributed by atoms with E-state index in [0.717, 1.165) is 43.1 Å². The molecule has 12 nitrogen and oxygen atoms in total. The summed E-state index contributed by atoms with van der Waals surface area (Å²) in [4.78, 5) is 3.73. The molecule has 3 heterocycles. The Morgan fingerprint density at radius 1 is 0.587 bits per heavy atom. The molecule has 3 unspecified atom stereocenters. The van der Waals surface area contributed by atoms with Gasteiger partial charge >= 0.3 is 0 Å². The van der Waals surface area contributed by atoms with Gasteiger partial charge in [0.25, 0.3) is 0 Å². The van der Waals surface area contributed by atoms with E-state index in [1.165, 1.54) is 88.0 Å². The summed E-state index contributed by atoms with van der Waals surface area (Å²) in [5.74, 6) is 2.55. The first kappa shape index (κ1) is 53.1. The lowest BCUT2D eigenvalue weighted by Crippen LogP contribution is -2.27. The molecule has 0 saturated carbocycles. The average Bonchev–Trinajstić information content (AvgIpc) is 3.93. The number of aromatic nitrogens is 3. The Balaban J connectivity index is 0.000000208. The van der Waals surface area contributed by atoms with Gasteiger partial charge in [0, 0.05) is 29.7 Å². The first-order chi connectivity index (χ1) is 29.5. The van der Waals surface area contributed by atoms with Crippen molar-refractivity contribution in [3.63, 3.8) is 0 Å². The van der Waals surface area contributed by atoms with Gasteiger partial charge in [-0.25, -0.2) is 39.4 Å². The van der Waals surface area contributed by atoms with Crippen LogP contribution in [-0.4, -0.2) is 38.4 Å². The number of nitrogens with zero attached hydrogens (tertiary/aromatic N) is 3. The van der Waals surface area contributed by atoms with Gasteiger partial charge in [-0.05, 0) is 183 Å². The summed E-state index contributed by atoms with van der Waals surface area (Å²) >= 11 is 23.6. The highest BCUT2D eigenvalue weighted by Crippen LogP contribution is 2.29. The molecule has 0 aliphatic heterocycles. The molecule has 3 N–H and O–H groups in total. The first-order valence-corrected chi connectivity index (χ1v) is 27.9. The van der Waals surface area contributed by atoms with E-state index in [0.29, 0.717) is 26.3 Å². The molecule has 0 fully saturated rings. The summed E-state index contributed by atoms with van der Waals surface area (Å²) in [6.07, 6.45) is 7.21. The Labute approximate surface area is 411 Å². The van der Waals surface area contributed by atoms with Crippen LogP contribution < -0.4 is 14.2 Å². The monoisotopic (exact) mass is 1140 g/mol. The lowest BCUT2D eigenvalue weighted by molar-refractivity contribution is 0.562. The van der Waals surface area contributed by atoms with E-state index in [2.05, 4.69) is 69.6 Å². The highest BCUT2D eigenvalue weighted by Gasteiger charge is 2.25. The minimum absolute atomic E-state index is 0.146. The number of hydrogen-bond donors (Lipinski definition) is 3. The van der Waals surface area contributed by atoms with Crippen molar-refractivity contribution in [1.82, 2.24) is 27.3 Å². The predicted molar refractivity (Wildman–Crippen MR) is 266 cm³/mol. The topological polar surface area (TPSA) is 177 Å². The van der Waals surface area contributed by atoms with E-state index < -0.39 is 36.1 Å². The Morgan fingerprint density at radius 3 is 1.29 bits per heavy atom. The molecule has 0 aliphatic rings. The Kier molecular flexibility index (Phi) is 19.6. The van der Waals surface area contributed by atoms with Gasteiger partial charge in [-0.2, -0.15) is 13.1 Å². The number of rotatable bonds is 14. The summed E-state index contributed by atoms with van der Waals surface area (Å²) in [7, 11) is -10.8. The van der Waals surface area contributed by atoms with E-state index in [9.17, 15) is 25.3 Å². The highest BCUT2D eigenvalue weighted by atomic mass is 127. The summed E-state index contributed by atoms with van der Waals surface area (Å²) in [5.41, 5.74) is 3.94. The summed E-state index contributed by atoms with van der Waals surface area (Å²) in [6, 6.07) is 16.9. The van der Waals surface area contributed by atoms with Crippen LogP contribution in [0.2, 0.25) is 15.1 Å².